The molecule has 1 aromatic rings. The van der Waals surface area contributed by atoms with E-state index in [9.17, 15) is 8.42 Å². The molecule has 0 aliphatic carbocycles. The molecule has 118 valence electrons. The molecule has 6 nitrogen and oxygen atoms in total. The maximum absolute atomic E-state index is 10.9. The molecule has 1 aromatic carbocycles. The summed E-state index contributed by atoms with van der Waals surface area (Å²) in [4.78, 5) is 2.31. The highest BCUT2D eigenvalue weighted by Gasteiger charge is 2.20. The fourth-order valence-corrected chi connectivity index (χ4v) is 3.03. The minimum absolute atomic E-state index is 0.314. The van der Waals surface area contributed by atoms with Gasteiger partial charge in [0.25, 0.3) is 10.2 Å². The number of piperidine rings is 1. The second-order valence-electron chi connectivity index (χ2n) is 5.36. The SMILES string of the molecule is NS(=O)(=O)NC[C@H]1CCCN(CCOc2ccccc2)C1. The van der Waals surface area contributed by atoms with Crippen LogP contribution in [0.5, 0.6) is 5.75 Å². The van der Waals surface area contributed by atoms with Gasteiger partial charge in [-0.2, -0.15) is 8.42 Å². The van der Waals surface area contributed by atoms with E-state index in [4.69, 9.17) is 9.88 Å². The number of hydrogen-bond acceptors (Lipinski definition) is 4. The Kier molecular flexibility index (Phi) is 5.98. The molecule has 1 atom stereocenters. The van der Waals surface area contributed by atoms with Crippen molar-refractivity contribution < 1.29 is 13.2 Å². The van der Waals surface area contributed by atoms with Crippen LogP contribution in [-0.2, 0) is 10.2 Å². The normalized spacial score (nSPS) is 20.3. The van der Waals surface area contributed by atoms with Gasteiger partial charge in [0.15, 0.2) is 0 Å². The molecule has 0 unspecified atom stereocenters. The third-order valence-electron chi connectivity index (χ3n) is 3.60. The number of benzene rings is 1. The Morgan fingerprint density at radius 3 is 2.81 bits per heavy atom. The molecule has 7 heteroatoms. The van der Waals surface area contributed by atoms with E-state index in [-0.39, 0.29) is 0 Å². The van der Waals surface area contributed by atoms with Crippen molar-refractivity contribution in [1.29, 1.82) is 0 Å². The van der Waals surface area contributed by atoms with Gasteiger partial charge in [0, 0.05) is 19.6 Å². The highest BCUT2D eigenvalue weighted by Crippen LogP contribution is 2.16. The molecule has 0 spiro atoms. The zero-order valence-corrected chi connectivity index (χ0v) is 12.9. The summed E-state index contributed by atoms with van der Waals surface area (Å²) in [5.41, 5.74) is 0. The summed E-state index contributed by atoms with van der Waals surface area (Å²) in [6.07, 6.45) is 2.10. The van der Waals surface area contributed by atoms with Gasteiger partial charge in [-0.3, -0.25) is 4.90 Å². The lowest BCUT2D eigenvalue weighted by Crippen LogP contribution is -2.43. The zero-order valence-electron chi connectivity index (χ0n) is 12.1. The van der Waals surface area contributed by atoms with Crippen molar-refractivity contribution in [3.8, 4) is 5.75 Å². The number of nitrogens with two attached hydrogens (primary N) is 1. The third-order valence-corrected chi connectivity index (χ3v) is 4.16. The van der Waals surface area contributed by atoms with Gasteiger partial charge in [-0.05, 0) is 37.4 Å². The van der Waals surface area contributed by atoms with E-state index in [2.05, 4.69) is 9.62 Å². The van der Waals surface area contributed by atoms with E-state index >= 15 is 0 Å². The minimum atomic E-state index is -3.59. The van der Waals surface area contributed by atoms with E-state index in [1.54, 1.807) is 0 Å². The largest absolute Gasteiger partial charge is 0.492 e. The molecular formula is C14H23N3O3S. The average molecular weight is 313 g/mol. The van der Waals surface area contributed by atoms with E-state index in [1.807, 2.05) is 30.3 Å². The van der Waals surface area contributed by atoms with Gasteiger partial charge in [-0.25, -0.2) is 9.86 Å². The van der Waals surface area contributed by atoms with Crippen LogP contribution in [0.15, 0.2) is 30.3 Å². The number of ether oxygens (including phenoxy) is 1. The molecule has 2 rings (SSSR count). The Labute approximate surface area is 126 Å². The Morgan fingerprint density at radius 1 is 1.33 bits per heavy atom. The van der Waals surface area contributed by atoms with Crippen LogP contribution in [0.4, 0.5) is 0 Å². The van der Waals surface area contributed by atoms with Gasteiger partial charge < -0.3 is 4.74 Å². The van der Waals surface area contributed by atoms with Crippen molar-refractivity contribution in [2.75, 3.05) is 32.8 Å². The zero-order chi connectivity index (χ0) is 15.1. The van der Waals surface area contributed by atoms with Crippen LogP contribution < -0.4 is 14.6 Å². The first-order valence-electron chi connectivity index (χ1n) is 7.20. The molecule has 3 N–H and O–H groups in total. The van der Waals surface area contributed by atoms with Crippen LogP contribution in [0.1, 0.15) is 12.8 Å². The first-order chi connectivity index (χ1) is 10.0. The summed E-state index contributed by atoms with van der Waals surface area (Å²) in [7, 11) is -3.59. The van der Waals surface area contributed by atoms with Crippen LogP contribution in [0.25, 0.3) is 0 Å². The highest BCUT2D eigenvalue weighted by atomic mass is 32.2. The second kappa shape index (κ2) is 7.74. The monoisotopic (exact) mass is 313 g/mol. The highest BCUT2D eigenvalue weighted by molar-refractivity contribution is 7.87. The Morgan fingerprint density at radius 2 is 2.10 bits per heavy atom. The van der Waals surface area contributed by atoms with Gasteiger partial charge in [-0.1, -0.05) is 18.2 Å². The first-order valence-corrected chi connectivity index (χ1v) is 8.75. The summed E-state index contributed by atoms with van der Waals surface area (Å²) < 4.78 is 29.9. The van der Waals surface area contributed by atoms with Crippen LogP contribution in [0.3, 0.4) is 0 Å². The van der Waals surface area contributed by atoms with Gasteiger partial charge in [0.05, 0.1) is 0 Å². The molecule has 1 heterocycles. The van der Waals surface area contributed by atoms with E-state index in [0.29, 0.717) is 19.1 Å². The number of likely N-dealkylation sites (tertiary alicyclic amines) is 1. The lowest BCUT2D eigenvalue weighted by molar-refractivity contribution is 0.148. The first kappa shape index (κ1) is 16.2. The van der Waals surface area contributed by atoms with E-state index in [0.717, 1.165) is 38.2 Å². The molecule has 1 aliphatic heterocycles. The molecule has 0 bridgehead atoms. The number of nitrogens with one attached hydrogen (secondary N) is 1. The van der Waals surface area contributed by atoms with E-state index in [1.165, 1.54) is 0 Å². The molecule has 0 radical (unpaired) electrons. The average Bonchev–Trinajstić information content (AvgIpc) is 2.46. The smallest absolute Gasteiger partial charge is 0.274 e. The van der Waals surface area contributed by atoms with Crippen LogP contribution in [-0.4, -0.2) is 46.1 Å². The quantitative estimate of drug-likeness (QED) is 0.771. The van der Waals surface area contributed by atoms with Crippen molar-refractivity contribution in [2.45, 2.75) is 12.8 Å². The Hall–Kier alpha value is -1.15. The third kappa shape index (κ3) is 6.43. The summed E-state index contributed by atoms with van der Waals surface area (Å²) in [6.45, 7) is 3.81. The molecule has 1 fully saturated rings. The molecule has 0 amide bonds. The minimum Gasteiger partial charge on any atom is -0.492 e. The predicted molar refractivity (Wildman–Crippen MR) is 82.2 cm³/mol. The fourth-order valence-electron chi connectivity index (χ4n) is 2.56. The standard InChI is InChI=1S/C14H23N3O3S/c15-21(18,19)16-11-13-5-4-8-17(12-13)9-10-20-14-6-2-1-3-7-14/h1-3,6-7,13,16H,4-5,8-12H2,(H2,15,18,19)/t13-/m1/s1. The Bertz CT molecular complexity index is 522. The Balaban J connectivity index is 1.69. The lowest BCUT2D eigenvalue weighted by atomic mass is 9.98. The molecule has 21 heavy (non-hydrogen) atoms. The number of hydrogen-bond donors (Lipinski definition) is 2. The number of nitrogens with zero attached hydrogens (tertiary/aromatic N) is 1. The molecular weight excluding hydrogens is 290 g/mol. The molecule has 0 saturated carbocycles. The number of rotatable bonds is 7. The van der Waals surface area contributed by atoms with Crippen molar-refractivity contribution in [2.24, 2.45) is 11.1 Å². The van der Waals surface area contributed by atoms with Crippen molar-refractivity contribution in [1.82, 2.24) is 9.62 Å². The van der Waals surface area contributed by atoms with Crippen molar-refractivity contribution >= 4 is 10.2 Å². The summed E-state index contributed by atoms with van der Waals surface area (Å²) >= 11 is 0. The second-order valence-corrected chi connectivity index (χ2v) is 6.74. The molecule has 0 aromatic heterocycles. The summed E-state index contributed by atoms with van der Waals surface area (Å²) in [6, 6.07) is 9.74. The van der Waals surface area contributed by atoms with Crippen LogP contribution >= 0.6 is 0 Å². The topological polar surface area (TPSA) is 84.7 Å². The van der Waals surface area contributed by atoms with Crippen molar-refractivity contribution in [3.05, 3.63) is 30.3 Å². The van der Waals surface area contributed by atoms with Gasteiger partial charge in [0.1, 0.15) is 12.4 Å². The van der Waals surface area contributed by atoms with Gasteiger partial charge in [0.2, 0.25) is 0 Å². The maximum Gasteiger partial charge on any atom is 0.274 e. The fraction of sp³-hybridized carbons (Fsp3) is 0.571. The molecule has 1 aliphatic rings. The number of para-hydroxylation sites is 1. The van der Waals surface area contributed by atoms with Crippen LogP contribution in [0.2, 0.25) is 0 Å². The van der Waals surface area contributed by atoms with Crippen molar-refractivity contribution in [3.63, 3.8) is 0 Å². The van der Waals surface area contributed by atoms with E-state index < -0.39 is 10.2 Å². The predicted octanol–water partition coefficient (Wildman–Crippen LogP) is 0.571. The summed E-state index contributed by atoms with van der Waals surface area (Å²) in [5, 5.41) is 4.96. The van der Waals surface area contributed by atoms with Gasteiger partial charge >= 0.3 is 0 Å². The maximum atomic E-state index is 10.9. The van der Waals surface area contributed by atoms with Gasteiger partial charge in [-0.15, -0.1) is 0 Å². The molecule has 1 saturated heterocycles. The summed E-state index contributed by atoms with van der Waals surface area (Å²) in [5.74, 6) is 1.19. The van der Waals surface area contributed by atoms with Crippen LogP contribution in [0, 0.1) is 5.92 Å². The lowest BCUT2D eigenvalue weighted by Gasteiger charge is -2.32.